The second-order valence-electron chi connectivity index (χ2n) is 9.66. The minimum Gasteiger partial charge on any atom is -0.396 e. The van der Waals surface area contributed by atoms with E-state index in [1.165, 1.54) is 6.20 Å². The van der Waals surface area contributed by atoms with Crippen molar-refractivity contribution in [3.8, 4) is 0 Å². The lowest BCUT2D eigenvalue weighted by molar-refractivity contribution is -0.385. The van der Waals surface area contributed by atoms with Crippen LogP contribution in [-0.2, 0) is 6.42 Å². The molecule has 9 nitrogen and oxygen atoms in total. The van der Waals surface area contributed by atoms with Crippen molar-refractivity contribution in [2.75, 3.05) is 17.6 Å². The molecule has 4 aromatic rings. The highest BCUT2D eigenvalue weighted by Gasteiger charge is 2.24. The van der Waals surface area contributed by atoms with Gasteiger partial charge in [0.2, 0.25) is 0 Å². The van der Waals surface area contributed by atoms with E-state index in [1.807, 2.05) is 36.4 Å². The molecule has 9 heteroatoms. The van der Waals surface area contributed by atoms with Crippen molar-refractivity contribution >= 4 is 38.9 Å². The second-order valence-corrected chi connectivity index (χ2v) is 9.66. The average molecular weight is 478 g/mol. The lowest BCUT2D eigenvalue weighted by Gasteiger charge is -2.20. The number of rotatable bonds is 6. The van der Waals surface area contributed by atoms with Crippen LogP contribution in [0.5, 0.6) is 0 Å². The van der Waals surface area contributed by atoms with Crippen molar-refractivity contribution in [2.45, 2.75) is 45.3 Å². The zero-order chi connectivity index (χ0) is 25.8. The van der Waals surface area contributed by atoms with E-state index in [9.17, 15) is 20.3 Å². The number of nitrogens with one attached hydrogen (secondary N) is 1. The third-order valence-corrected chi connectivity index (χ3v) is 5.17. The van der Waals surface area contributed by atoms with Crippen LogP contribution in [0.15, 0.2) is 60.9 Å². The molecule has 0 spiro atoms. The summed E-state index contributed by atoms with van der Waals surface area (Å²) < 4.78 is 0. The summed E-state index contributed by atoms with van der Waals surface area (Å²) in [5.41, 5.74) is 7.61. The number of pyridine rings is 2. The van der Waals surface area contributed by atoms with Gasteiger partial charge in [-0.15, -0.1) is 0 Å². The van der Waals surface area contributed by atoms with Crippen LogP contribution in [0.3, 0.4) is 0 Å². The lowest BCUT2D eigenvalue weighted by atomic mass is 9.95. The Balaban J connectivity index is 0.000000196. The number of aliphatic hydroxyl groups is 2. The van der Waals surface area contributed by atoms with E-state index in [-0.39, 0.29) is 12.1 Å². The molecule has 0 bridgehead atoms. The summed E-state index contributed by atoms with van der Waals surface area (Å²) in [5, 5.41) is 35.5. The number of fused-ring (bicyclic) bond motifs is 2. The minimum absolute atomic E-state index is 0.0455. The monoisotopic (exact) mass is 477 g/mol. The Hall–Kier alpha value is -3.82. The number of anilines is 2. The van der Waals surface area contributed by atoms with Crippen LogP contribution >= 0.6 is 0 Å². The van der Waals surface area contributed by atoms with E-state index < -0.39 is 16.1 Å². The fourth-order valence-electron chi connectivity index (χ4n) is 3.62. The lowest BCUT2D eigenvalue weighted by Crippen LogP contribution is -2.29. The molecule has 0 fully saturated rings. The molecule has 0 saturated heterocycles. The van der Waals surface area contributed by atoms with E-state index in [0.29, 0.717) is 28.7 Å². The number of hydrogen-bond acceptors (Lipinski definition) is 8. The van der Waals surface area contributed by atoms with E-state index >= 15 is 0 Å². The van der Waals surface area contributed by atoms with Gasteiger partial charge in [0.1, 0.15) is 6.20 Å². The SMILES string of the molecule is CC(C)(O)CNc1c(N)cnc2ccccc12.CC(C)(O)Cc1c([N+](=O)[O-])cnc2ccccc12. The molecule has 0 radical (unpaired) electrons. The van der Waals surface area contributed by atoms with Gasteiger partial charge < -0.3 is 21.3 Å². The molecule has 184 valence electrons. The van der Waals surface area contributed by atoms with Gasteiger partial charge in [-0.05, 0) is 39.8 Å². The van der Waals surface area contributed by atoms with Crippen LogP contribution in [0.1, 0.15) is 33.3 Å². The van der Waals surface area contributed by atoms with Gasteiger partial charge in [-0.25, -0.2) is 4.98 Å². The van der Waals surface area contributed by atoms with Crippen LogP contribution in [0.2, 0.25) is 0 Å². The Labute approximate surface area is 203 Å². The molecular weight excluding hydrogens is 446 g/mol. The molecule has 4 rings (SSSR count). The van der Waals surface area contributed by atoms with Gasteiger partial charge in [0, 0.05) is 29.3 Å². The molecule has 5 N–H and O–H groups in total. The van der Waals surface area contributed by atoms with Crippen LogP contribution in [0.4, 0.5) is 17.1 Å². The van der Waals surface area contributed by atoms with E-state index in [2.05, 4.69) is 15.3 Å². The smallest absolute Gasteiger partial charge is 0.291 e. The number of nitrogens with zero attached hydrogens (tertiary/aromatic N) is 3. The zero-order valence-corrected chi connectivity index (χ0v) is 20.3. The summed E-state index contributed by atoms with van der Waals surface area (Å²) >= 11 is 0. The Morgan fingerprint density at radius 3 is 2.03 bits per heavy atom. The fraction of sp³-hybridized carbons (Fsp3) is 0.308. The maximum atomic E-state index is 11.0. The van der Waals surface area contributed by atoms with E-state index in [0.717, 1.165) is 16.6 Å². The first-order valence-corrected chi connectivity index (χ1v) is 11.2. The third-order valence-electron chi connectivity index (χ3n) is 5.17. The number of nitrogens with two attached hydrogens (primary N) is 1. The summed E-state index contributed by atoms with van der Waals surface area (Å²) in [5.74, 6) is 0. The molecule has 0 aliphatic rings. The van der Waals surface area contributed by atoms with Crippen molar-refractivity contribution < 1.29 is 15.1 Å². The van der Waals surface area contributed by atoms with Gasteiger partial charge in [-0.1, -0.05) is 36.4 Å². The molecule has 0 unspecified atom stereocenters. The molecule has 2 heterocycles. The van der Waals surface area contributed by atoms with Gasteiger partial charge in [-0.2, -0.15) is 0 Å². The van der Waals surface area contributed by atoms with Gasteiger partial charge >= 0.3 is 0 Å². The Bertz CT molecular complexity index is 1340. The van der Waals surface area contributed by atoms with Crippen LogP contribution in [-0.4, -0.2) is 42.9 Å². The van der Waals surface area contributed by atoms with Gasteiger partial charge in [0.05, 0.1) is 44.7 Å². The summed E-state index contributed by atoms with van der Waals surface area (Å²) in [6, 6.07) is 15.0. The van der Waals surface area contributed by atoms with Crippen molar-refractivity contribution in [2.24, 2.45) is 0 Å². The van der Waals surface area contributed by atoms with Crippen LogP contribution < -0.4 is 11.1 Å². The predicted molar refractivity (Wildman–Crippen MR) is 139 cm³/mol. The normalized spacial score (nSPS) is 11.7. The van der Waals surface area contributed by atoms with Crippen molar-refractivity contribution in [1.29, 1.82) is 0 Å². The average Bonchev–Trinajstić information content (AvgIpc) is 2.77. The van der Waals surface area contributed by atoms with E-state index in [1.54, 1.807) is 46.0 Å². The molecule has 2 aromatic heterocycles. The van der Waals surface area contributed by atoms with Gasteiger partial charge in [-0.3, -0.25) is 15.1 Å². The van der Waals surface area contributed by atoms with Crippen molar-refractivity contribution in [3.63, 3.8) is 0 Å². The van der Waals surface area contributed by atoms with Crippen LogP contribution in [0.25, 0.3) is 21.8 Å². The number of hydrogen-bond donors (Lipinski definition) is 4. The summed E-state index contributed by atoms with van der Waals surface area (Å²) in [6.45, 7) is 7.20. The quantitative estimate of drug-likeness (QED) is 0.235. The Morgan fingerprint density at radius 1 is 0.914 bits per heavy atom. The maximum Gasteiger partial charge on any atom is 0.291 e. The molecule has 35 heavy (non-hydrogen) atoms. The molecule has 0 amide bonds. The molecule has 0 aliphatic heterocycles. The first-order valence-electron chi connectivity index (χ1n) is 11.2. The summed E-state index contributed by atoms with van der Waals surface area (Å²) in [7, 11) is 0. The Morgan fingerprint density at radius 2 is 1.46 bits per heavy atom. The zero-order valence-electron chi connectivity index (χ0n) is 20.3. The second kappa shape index (κ2) is 10.2. The number of aromatic nitrogens is 2. The highest BCUT2D eigenvalue weighted by molar-refractivity contribution is 5.96. The van der Waals surface area contributed by atoms with Gasteiger partial charge in [0.25, 0.3) is 5.69 Å². The maximum absolute atomic E-state index is 11.0. The van der Waals surface area contributed by atoms with Crippen molar-refractivity contribution in [1.82, 2.24) is 9.97 Å². The largest absolute Gasteiger partial charge is 0.396 e. The first kappa shape index (κ1) is 25.8. The van der Waals surface area contributed by atoms with Gasteiger partial charge in [0.15, 0.2) is 0 Å². The predicted octanol–water partition coefficient (Wildman–Crippen LogP) is 4.46. The molecule has 0 saturated carbocycles. The molecule has 2 aromatic carbocycles. The molecule has 0 aliphatic carbocycles. The Kier molecular flexibility index (Phi) is 7.52. The number of benzene rings is 2. The standard InChI is InChI=1S/C13H17N3O.C13H14N2O3/c1-13(2,17)8-16-12-9-5-3-4-6-11(9)15-7-10(12)14;1-13(2,16)7-10-9-5-3-4-6-11(9)14-8-12(10)15(17)18/h3-7,17H,8,14H2,1-2H3,(H,15,16);3-6,8,16H,7H2,1-2H3. The van der Waals surface area contributed by atoms with Crippen LogP contribution in [0, 0.1) is 10.1 Å². The van der Waals surface area contributed by atoms with Crippen molar-refractivity contribution in [3.05, 3.63) is 76.6 Å². The highest BCUT2D eigenvalue weighted by Crippen LogP contribution is 2.30. The topological polar surface area (TPSA) is 147 Å². The van der Waals surface area contributed by atoms with E-state index in [4.69, 9.17) is 5.73 Å². The number of para-hydroxylation sites is 2. The number of nitrogen functional groups attached to an aromatic ring is 1. The fourth-order valence-corrected chi connectivity index (χ4v) is 3.62. The minimum atomic E-state index is -1.01. The first-order chi connectivity index (χ1) is 16.4. The third kappa shape index (κ3) is 6.84. The number of nitro groups is 1. The summed E-state index contributed by atoms with van der Waals surface area (Å²) in [4.78, 5) is 18.9. The highest BCUT2D eigenvalue weighted by atomic mass is 16.6. The molecular formula is C26H31N5O4. The summed E-state index contributed by atoms with van der Waals surface area (Å²) in [6.07, 6.45) is 3.10. The molecule has 0 atom stereocenters.